The predicted octanol–water partition coefficient (Wildman–Crippen LogP) is 2.00. The Kier molecular flexibility index (Phi) is 5.42. The van der Waals surface area contributed by atoms with Gasteiger partial charge in [-0.2, -0.15) is 0 Å². The zero-order valence-electron chi connectivity index (χ0n) is 15.5. The monoisotopic (exact) mass is 355 g/mol. The van der Waals surface area contributed by atoms with E-state index < -0.39 is 0 Å². The number of hydrogen-bond donors (Lipinski definition) is 2. The first-order chi connectivity index (χ1) is 12.4. The van der Waals surface area contributed by atoms with Crippen LogP contribution < -0.4 is 15.6 Å². The number of aryl methyl sites for hydroxylation is 2. The molecule has 3 rings (SSSR count). The van der Waals surface area contributed by atoms with Crippen LogP contribution in [0.5, 0.6) is 5.75 Å². The van der Waals surface area contributed by atoms with Gasteiger partial charge in [-0.3, -0.25) is 14.5 Å². The molecule has 1 atom stereocenters. The summed E-state index contributed by atoms with van der Waals surface area (Å²) in [6.07, 6.45) is 0.0805. The molecule has 138 valence electrons. The third kappa shape index (κ3) is 4.14. The molecule has 6 nitrogen and oxygen atoms in total. The zero-order valence-corrected chi connectivity index (χ0v) is 15.5. The van der Waals surface area contributed by atoms with Gasteiger partial charge in [-0.1, -0.05) is 18.2 Å². The minimum Gasteiger partial charge on any atom is -0.489 e. The SMILES string of the molecule is Cc1cc(C(=O)NCCN2Cc3ccccc3OC(C)C2)c(=O)[nH]c1C. The van der Waals surface area contributed by atoms with Gasteiger partial charge in [0.15, 0.2) is 0 Å². The molecule has 0 aliphatic carbocycles. The summed E-state index contributed by atoms with van der Waals surface area (Å²) in [5, 5.41) is 2.85. The van der Waals surface area contributed by atoms with Gasteiger partial charge in [0.2, 0.25) is 0 Å². The Morgan fingerprint density at radius 2 is 2.12 bits per heavy atom. The lowest BCUT2D eigenvalue weighted by Crippen LogP contribution is -2.39. The maximum absolute atomic E-state index is 12.3. The molecule has 1 unspecified atom stereocenters. The number of fused-ring (bicyclic) bond motifs is 1. The van der Waals surface area contributed by atoms with Gasteiger partial charge in [0.25, 0.3) is 11.5 Å². The molecule has 2 heterocycles. The summed E-state index contributed by atoms with van der Waals surface area (Å²) in [6.45, 7) is 8.46. The predicted molar refractivity (Wildman–Crippen MR) is 101 cm³/mol. The smallest absolute Gasteiger partial charge is 0.261 e. The molecule has 0 saturated heterocycles. The Hall–Kier alpha value is -2.60. The second-order valence-electron chi connectivity index (χ2n) is 6.85. The van der Waals surface area contributed by atoms with Crippen LogP contribution in [-0.2, 0) is 6.54 Å². The summed E-state index contributed by atoms with van der Waals surface area (Å²) in [5.41, 5.74) is 2.63. The van der Waals surface area contributed by atoms with E-state index in [0.29, 0.717) is 13.1 Å². The van der Waals surface area contributed by atoms with Crippen molar-refractivity contribution in [3.8, 4) is 5.75 Å². The summed E-state index contributed by atoms with van der Waals surface area (Å²) in [4.78, 5) is 29.3. The molecule has 0 bridgehead atoms. The molecule has 0 spiro atoms. The van der Waals surface area contributed by atoms with E-state index in [2.05, 4.69) is 21.3 Å². The standard InChI is InChI=1S/C20H25N3O3/c1-13-10-17(20(25)22-15(13)3)19(24)21-8-9-23-11-14(2)26-18-7-5-4-6-16(18)12-23/h4-7,10,14H,8-9,11-12H2,1-3H3,(H,21,24)(H,22,25). The number of benzene rings is 1. The van der Waals surface area contributed by atoms with E-state index in [1.807, 2.05) is 39.0 Å². The highest BCUT2D eigenvalue weighted by atomic mass is 16.5. The van der Waals surface area contributed by atoms with Crippen molar-refractivity contribution in [2.24, 2.45) is 0 Å². The number of carbonyl (C=O) groups excluding carboxylic acids is 1. The Morgan fingerprint density at radius 3 is 2.92 bits per heavy atom. The minimum absolute atomic E-state index is 0.0805. The van der Waals surface area contributed by atoms with E-state index in [9.17, 15) is 9.59 Å². The molecule has 0 saturated carbocycles. The van der Waals surface area contributed by atoms with Gasteiger partial charge in [-0.15, -0.1) is 0 Å². The van der Waals surface area contributed by atoms with Gasteiger partial charge >= 0.3 is 0 Å². The van der Waals surface area contributed by atoms with Crippen LogP contribution in [0.25, 0.3) is 0 Å². The number of rotatable bonds is 4. The molecular formula is C20H25N3O3. The largest absolute Gasteiger partial charge is 0.489 e. The zero-order chi connectivity index (χ0) is 18.7. The Bertz CT molecular complexity index is 860. The molecule has 2 aromatic rings. The van der Waals surface area contributed by atoms with Crippen molar-refractivity contribution < 1.29 is 9.53 Å². The van der Waals surface area contributed by atoms with E-state index in [1.54, 1.807) is 6.07 Å². The maximum atomic E-state index is 12.3. The number of para-hydroxylation sites is 1. The first-order valence-electron chi connectivity index (χ1n) is 8.89. The highest BCUT2D eigenvalue weighted by Crippen LogP contribution is 2.24. The summed E-state index contributed by atoms with van der Waals surface area (Å²) < 4.78 is 5.95. The van der Waals surface area contributed by atoms with Gasteiger partial charge in [0, 0.05) is 37.4 Å². The van der Waals surface area contributed by atoms with Crippen LogP contribution in [0.2, 0.25) is 0 Å². The summed E-state index contributed by atoms with van der Waals surface area (Å²) in [6, 6.07) is 9.67. The van der Waals surface area contributed by atoms with E-state index in [1.165, 1.54) is 0 Å². The number of aromatic amines is 1. The lowest BCUT2D eigenvalue weighted by Gasteiger charge is -2.21. The molecule has 1 aliphatic rings. The quantitative estimate of drug-likeness (QED) is 0.880. The molecule has 0 fully saturated rings. The van der Waals surface area contributed by atoms with Crippen LogP contribution in [0, 0.1) is 13.8 Å². The van der Waals surface area contributed by atoms with Crippen LogP contribution in [0.15, 0.2) is 35.1 Å². The molecule has 1 aliphatic heterocycles. The summed E-state index contributed by atoms with van der Waals surface area (Å²) in [5.74, 6) is 0.585. The Balaban J connectivity index is 1.60. The first-order valence-corrected chi connectivity index (χ1v) is 8.89. The summed E-state index contributed by atoms with van der Waals surface area (Å²) in [7, 11) is 0. The number of pyridine rings is 1. The fourth-order valence-corrected chi connectivity index (χ4v) is 3.16. The molecule has 1 amide bonds. The second kappa shape index (κ2) is 7.74. The Morgan fingerprint density at radius 1 is 1.35 bits per heavy atom. The number of nitrogens with zero attached hydrogens (tertiary/aromatic N) is 1. The van der Waals surface area contributed by atoms with E-state index in [-0.39, 0.29) is 23.1 Å². The second-order valence-corrected chi connectivity index (χ2v) is 6.85. The van der Waals surface area contributed by atoms with Crippen molar-refractivity contribution in [2.75, 3.05) is 19.6 Å². The van der Waals surface area contributed by atoms with E-state index in [4.69, 9.17) is 4.74 Å². The number of aromatic nitrogens is 1. The van der Waals surface area contributed by atoms with Crippen molar-refractivity contribution in [1.29, 1.82) is 0 Å². The third-order valence-electron chi connectivity index (χ3n) is 4.67. The number of hydrogen-bond acceptors (Lipinski definition) is 4. The minimum atomic E-state index is -0.351. The fourth-order valence-electron chi connectivity index (χ4n) is 3.16. The number of amides is 1. The van der Waals surface area contributed by atoms with Crippen molar-refractivity contribution in [1.82, 2.24) is 15.2 Å². The van der Waals surface area contributed by atoms with Crippen LogP contribution in [0.3, 0.4) is 0 Å². The first kappa shape index (κ1) is 18.2. The lowest BCUT2D eigenvalue weighted by atomic mass is 10.1. The number of carbonyl (C=O) groups is 1. The number of H-pyrrole nitrogens is 1. The third-order valence-corrected chi connectivity index (χ3v) is 4.67. The average Bonchev–Trinajstić information content (AvgIpc) is 2.75. The van der Waals surface area contributed by atoms with Crippen LogP contribution in [0.4, 0.5) is 0 Å². The number of ether oxygens (including phenoxy) is 1. The average molecular weight is 355 g/mol. The molecule has 26 heavy (non-hydrogen) atoms. The normalized spacial score (nSPS) is 17.1. The molecular weight excluding hydrogens is 330 g/mol. The fraction of sp³-hybridized carbons (Fsp3) is 0.400. The van der Waals surface area contributed by atoms with E-state index >= 15 is 0 Å². The highest BCUT2D eigenvalue weighted by molar-refractivity contribution is 5.94. The topological polar surface area (TPSA) is 74.4 Å². The van der Waals surface area contributed by atoms with Gasteiger partial charge < -0.3 is 15.0 Å². The molecule has 0 radical (unpaired) electrons. The maximum Gasteiger partial charge on any atom is 0.261 e. The van der Waals surface area contributed by atoms with Crippen LogP contribution in [-0.4, -0.2) is 41.5 Å². The summed E-state index contributed by atoms with van der Waals surface area (Å²) >= 11 is 0. The van der Waals surface area contributed by atoms with Crippen molar-refractivity contribution in [3.05, 3.63) is 63.1 Å². The molecule has 1 aromatic carbocycles. The number of nitrogens with one attached hydrogen (secondary N) is 2. The van der Waals surface area contributed by atoms with Crippen LogP contribution in [0.1, 0.15) is 34.1 Å². The van der Waals surface area contributed by atoms with E-state index in [0.717, 1.165) is 35.7 Å². The van der Waals surface area contributed by atoms with Crippen molar-refractivity contribution in [3.63, 3.8) is 0 Å². The Labute approximate surface area is 153 Å². The van der Waals surface area contributed by atoms with Gasteiger partial charge in [0.05, 0.1) is 0 Å². The van der Waals surface area contributed by atoms with Gasteiger partial charge in [-0.25, -0.2) is 0 Å². The van der Waals surface area contributed by atoms with Crippen molar-refractivity contribution >= 4 is 5.91 Å². The van der Waals surface area contributed by atoms with Gasteiger partial charge in [-0.05, 0) is 38.5 Å². The van der Waals surface area contributed by atoms with Crippen molar-refractivity contribution in [2.45, 2.75) is 33.4 Å². The van der Waals surface area contributed by atoms with Crippen LogP contribution >= 0.6 is 0 Å². The molecule has 2 N–H and O–H groups in total. The van der Waals surface area contributed by atoms with Gasteiger partial charge in [0.1, 0.15) is 17.4 Å². The lowest BCUT2D eigenvalue weighted by molar-refractivity contribution is 0.0943. The molecule has 6 heteroatoms. The molecule has 1 aromatic heterocycles. The highest BCUT2D eigenvalue weighted by Gasteiger charge is 2.20.